The second kappa shape index (κ2) is 4.71. The van der Waals surface area contributed by atoms with Gasteiger partial charge in [0.15, 0.2) is 0 Å². The number of anilines is 1. The molecule has 0 radical (unpaired) electrons. The van der Waals surface area contributed by atoms with Gasteiger partial charge in [-0.05, 0) is 18.4 Å². The minimum atomic E-state index is -0.260. The Kier molecular flexibility index (Phi) is 3.57. The van der Waals surface area contributed by atoms with E-state index in [1.165, 1.54) is 0 Å². The number of nitrogens with one attached hydrogen (secondary N) is 2. The van der Waals surface area contributed by atoms with Crippen molar-refractivity contribution in [3.05, 3.63) is 18.3 Å². The number of hydrogen-bond acceptors (Lipinski definition) is 3. The van der Waals surface area contributed by atoms with Gasteiger partial charge in [-0.25, -0.2) is 9.78 Å². The van der Waals surface area contributed by atoms with Crippen LogP contribution in [0.2, 0.25) is 0 Å². The fourth-order valence-corrected chi connectivity index (χ4v) is 1.12. The molecule has 2 amide bonds. The molecule has 1 aromatic heterocycles. The third kappa shape index (κ3) is 2.95. The highest BCUT2D eigenvalue weighted by Crippen LogP contribution is 2.14. The summed E-state index contributed by atoms with van der Waals surface area (Å²) in [5.74, 6) is 0.553. The van der Waals surface area contributed by atoms with E-state index in [-0.39, 0.29) is 6.03 Å². The number of carbonyl (C=O) groups excluding carboxylic acids is 1. The Morgan fingerprint density at radius 3 is 2.77 bits per heavy atom. The Hall–Kier alpha value is -1.23. The van der Waals surface area contributed by atoms with Gasteiger partial charge in [0.2, 0.25) is 0 Å². The normalized spacial score (nSPS) is 9.38. The Labute approximate surface area is 81.1 Å². The maximum Gasteiger partial charge on any atom is 0.320 e. The van der Waals surface area contributed by atoms with Crippen LogP contribution in [-0.2, 0) is 0 Å². The van der Waals surface area contributed by atoms with Crippen molar-refractivity contribution in [3.8, 4) is 0 Å². The van der Waals surface area contributed by atoms with Gasteiger partial charge in [-0.15, -0.1) is 11.8 Å². The molecule has 5 heteroatoms. The Bertz CT molecular complexity index is 286. The average molecular weight is 197 g/mol. The van der Waals surface area contributed by atoms with Crippen LogP contribution in [-0.4, -0.2) is 24.3 Å². The van der Waals surface area contributed by atoms with Crippen LogP contribution in [0, 0.1) is 0 Å². The van der Waals surface area contributed by atoms with Crippen molar-refractivity contribution < 1.29 is 4.79 Å². The van der Waals surface area contributed by atoms with Gasteiger partial charge in [-0.1, -0.05) is 0 Å². The Balaban J connectivity index is 2.64. The number of pyridine rings is 1. The highest BCUT2D eigenvalue weighted by atomic mass is 32.2. The number of nitrogens with zero attached hydrogens (tertiary/aromatic N) is 1. The first-order valence-corrected chi connectivity index (χ1v) is 4.97. The van der Waals surface area contributed by atoms with Crippen molar-refractivity contribution >= 4 is 23.6 Å². The predicted octanol–water partition coefficient (Wildman–Crippen LogP) is 1.55. The SMILES string of the molecule is CNC(=O)Nc1ccc(SC)cn1. The maximum atomic E-state index is 10.9. The molecule has 4 nitrogen and oxygen atoms in total. The predicted molar refractivity (Wildman–Crippen MR) is 54.1 cm³/mol. The topological polar surface area (TPSA) is 54.0 Å². The van der Waals surface area contributed by atoms with Crippen LogP contribution >= 0.6 is 11.8 Å². The van der Waals surface area contributed by atoms with Crippen molar-refractivity contribution in [1.82, 2.24) is 10.3 Å². The molecule has 0 aliphatic rings. The first kappa shape index (κ1) is 9.85. The summed E-state index contributed by atoms with van der Waals surface area (Å²) in [6.45, 7) is 0. The monoisotopic (exact) mass is 197 g/mol. The molecule has 0 bridgehead atoms. The lowest BCUT2D eigenvalue weighted by Gasteiger charge is -2.03. The molecule has 1 heterocycles. The minimum Gasteiger partial charge on any atom is -0.341 e. The largest absolute Gasteiger partial charge is 0.341 e. The zero-order valence-electron chi connectivity index (χ0n) is 7.50. The number of aromatic nitrogens is 1. The van der Waals surface area contributed by atoms with E-state index < -0.39 is 0 Å². The summed E-state index contributed by atoms with van der Waals surface area (Å²) in [4.78, 5) is 16.0. The number of rotatable bonds is 2. The molecular formula is C8H11N3OS. The van der Waals surface area contributed by atoms with Crippen LogP contribution in [0.3, 0.4) is 0 Å². The summed E-state index contributed by atoms with van der Waals surface area (Å²) in [6.07, 6.45) is 3.69. The van der Waals surface area contributed by atoms with Gasteiger partial charge in [-0.2, -0.15) is 0 Å². The second-order valence-corrected chi connectivity index (χ2v) is 3.17. The number of amides is 2. The first-order valence-electron chi connectivity index (χ1n) is 3.75. The van der Waals surface area contributed by atoms with Gasteiger partial charge < -0.3 is 5.32 Å². The van der Waals surface area contributed by atoms with Crippen LogP contribution in [0.5, 0.6) is 0 Å². The van der Waals surface area contributed by atoms with E-state index in [0.717, 1.165) is 4.90 Å². The van der Waals surface area contributed by atoms with Crippen molar-refractivity contribution in [2.24, 2.45) is 0 Å². The summed E-state index contributed by atoms with van der Waals surface area (Å²) in [5.41, 5.74) is 0. The first-order chi connectivity index (χ1) is 6.26. The summed E-state index contributed by atoms with van der Waals surface area (Å²) in [5, 5.41) is 5.02. The van der Waals surface area contributed by atoms with Crippen molar-refractivity contribution in [3.63, 3.8) is 0 Å². The van der Waals surface area contributed by atoms with Crippen molar-refractivity contribution in [2.75, 3.05) is 18.6 Å². The van der Waals surface area contributed by atoms with E-state index in [9.17, 15) is 4.79 Å². The highest BCUT2D eigenvalue weighted by molar-refractivity contribution is 7.98. The fraction of sp³-hybridized carbons (Fsp3) is 0.250. The summed E-state index contributed by atoms with van der Waals surface area (Å²) >= 11 is 1.61. The molecule has 1 rings (SSSR count). The Morgan fingerprint density at radius 1 is 1.54 bits per heavy atom. The molecule has 0 saturated carbocycles. The fourth-order valence-electron chi connectivity index (χ4n) is 0.754. The van der Waals surface area contributed by atoms with Crippen LogP contribution in [0.25, 0.3) is 0 Å². The van der Waals surface area contributed by atoms with E-state index in [2.05, 4.69) is 15.6 Å². The third-order valence-corrected chi connectivity index (χ3v) is 2.15. The smallest absolute Gasteiger partial charge is 0.320 e. The molecule has 0 aliphatic carbocycles. The lowest BCUT2D eigenvalue weighted by molar-refractivity contribution is 0.254. The summed E-state index contributed by atoms with van der Waals surface area (Å²) < 4.78 is 0. The molecule has 0 aromatic carbocycles. The third-order valence-electron chi connectivity index (χ3n) is 1.44. The molecule has 2 N–H and O–H groups in total. The second-order valence-electron chi connectivity index (χ2n) is 2.29. The average Bonchev–Trinajstić information content (AvgIpc) is 2.19. The zero-order valence-corrected chi connectivity index (χ0v) is 8.31. The molecule has 0 saturated heterocycles. The van der Waals surface area contributed by atoms with Gasteiger partial charge in [0.05, 0.1) is 0 Å². The Morgan fingerprint density at radius 2 is 2.31 bits per heavy atom. The van der Waals surface area contributed by atoms with E-state index in [0.29, 0.717) is 5.82 Å². The molecule has 0 spiro atoms. The van der Waals surface area contributed by atoms with Gasteiger partial charge in [0, 0.05) is 18.1 Å². The molecular weight excluding hydrogens is 186 g/mol. The number of hydrogen-bond donors (Lipinski definition) is 2. The minimum absolute atomic E-state index is 0.260. The summed E-state index contributed by atoms with van der Waals surface area (Å²) in [7, 11) is 1.56. The van der Waals surface area contributed by atoms with Crippen LogP contribution in [0.1, 0.15) is 0 Å². The van der Waals surface area contributed by atoms with Crippen molar-refractivity contribution in [2.45, 2.75) is 4.90 Å². The van der Waals surface area contributed by atoms with E-state index in [1.807, 2.05) is 12.3 Å². The molecule has 13 heavy (non-hydrogen) atoms. The highest BCUT2D eigenvalue weighted by Gasteiger charge is 1.98. The van der Waals surface area contributed by atoms with E-state index in [4.69, 9.17) is 0 Å². The number of urea groups is 1. The quantitative estimate of drug-likeness (QED) is 0.707. The molecule has 1 aromatic rings. The van der Waals surface area contributed by atoms with Gasteiger partial charge in [0.25, 0.3) is 0 Å². The van der Waals surface area contributed by atoms with Crippen LogP contribution < -0.4 is 10.6 Å². The molecule has 70 valence electrons. The van der Waals surface area contributed by atoms with Crippen LogP contribution in [0.15, 0.2) is 23.2 Å². The van der Waals surface area contributed by atoms with Gasteiger partial charge in [-0.3, -0.25) is 5.32 Å². The molecule has 0 unspecified atom stereocenters. The van der Waals surface area contributed by atoms with E-state index in [1.54, 1.807) is 31.1 Å². The lowest BCUT2D eigenvalue weighted by Crippen LogP contribution is -2.24. The zero-order chi connectivity index (χ0) is 9.68. The number of carbonyl (C=O) groups is 1. The molecule has 0 aliphatic heterocycles. The number of thioether (sulfide) groups is 1. The lowest BCUT2D eigenvalue weighted by atomic mass is 10.4. The molecule has 0 atom stereocenters. The van der Waals surface area contributed by atoms with Gasteiger partial charge >= 0.3 is 6.03 Å². The van der Waals surface area contributed by atoms with Crippen LogP contribution in [0.4, 0.5) is 10.6 Å². The summed E-state index contributed by atoms with van der Waals surface area (Å²) in [6, 6.07) is 3.41. The molecule has 0 fully saturated rings. The van der Waals surface area contributed by atoms with E-state index >= 15 is 0 Å². The maximum absolute atomic E-state index is 10.9. The van der Waals surface area contributed by atoms with Crippen molar-refractivity contribution in [1.29, 1.82) is 0 Å². The standard InChI is InChI=1S/C8H11N3OS/c1-9-8(12)11-7-4-3-6(13-2)5-10-7/h3-5H,1-2H3,(H2,9,10,11,12). The van der Waals surface area contributed by atoms with Gasteiger partial charge in [0.1, 0.15) is 5.82 Å².